The van der Waals surface area contributed by atoms with Crippen molar-refractivity contribution in [2.24, 2.45) is 0 Å². The topological polar surface area (TPSA) is 79.7 Å². The Labute approximate surface area is 174 Å². The zero-order valence-electron chi connectivity index (χ0n) is 16.6. The molecule has 1 aliphatic heterocycles. The molecule has 1 N–H and O–H groups in total. The van der Waals surface area contributed by atoms with Crippen LogP contribution < -0.4 is 9.64 Å². The number of carbonyl (C=O) groups excluding carboxylic acids is 2. The van der Waals surface area contributed by atoms with Gasteiger partial charge in [0.25, 0.3) is 11.7 Å². The van der Waals surface area contributed by atoms with Crippen molar-refractivity contribution in [2.45, 2.75) is 13.0 Å². The summed E-state index contributed by atoms with van der Waals surface area (Å²) in [6.45, 7) is 1.93. The number of aromatic nitrogens is 1. The molecule has 1 atom stereocenters. The lowest BCUT2D eigenvalue weighted by Gasteiger charge is -2.26. The van der Waals surface area contributed by atoms with E-state index in [1.807, 2.05) is 19.1 Å². The molecule has 30 heavy (non-hydrogen) atoms. The summed E-state index contributed by atoms with van der Waals surface area (Å²) in [5, 5.41) is 11.1. The lowest BCUT2D eigenvalue weighted by Crippen LogP contribution is -2.29. The number of amides is 1. The Bertz CT molecular complexity index is 1140. The molecule has 0 saturated carbocycles. The second kappa shape index (κ2) is 7.83. The van der Waals surface area contributed by atoms with Crippen molar-refractivity contribution in [3.63, 3.8) is 0 Å². The van der Waals surface area contributed by atoms with E-state index in [9.17, 15) is 14.7 Å². The van der Waals surface area contributed by atoms with E-state index in [0.29, 0.717) is 22.6 Å². The Balaban J connectivity index is 1.98. The van der Waals surface area contributed by atoms with Crippen LogP contribution in [0.1, 0.15) is 22.7 Å². The van der Waals surface area contributed by atoms with Gasteiger partial charge in [-0.25, -0.2) is 0 Å². The highest BCUT2D eigenvalue weighted by molar-refractivity contribution is 6.51. The van der Waals surface area contributed by atoms with Gasteiger partial charge in [-0.05, 0) is 25.1 Å². The van der Waals surface area contributed by atoms with E-state index < -0.39 is 17.7 Å². The quantitative estimate of drug-likeness (QED) is 0.406. The van der Waals surface area contributed by atoms with Crippen molar-refractivity contribution in [1.29, 1.82) is 0 Å². The predicted molar refractivity (Wildman–Crippen MR) is 113 cm³/mol. The largest absolute Gasteiger partial charge is 0.507 e. The van der Waals surface area contributed by atoms with Gasteiger partial charge < -0.3 is 9.84 Å². The molecule has 0 aliphatic carbocycles. The first-order valence-corrected chi connectivity index (χ1v) is 9.44. The molecular weight excluding hydrogens is 380 g/mol. The van der Waals surface area contributed by atoms with Crippen LogP contribution in [0, 0.1) is 6.92 Å². The summed E-state index contributed by atoms with van der Waals surface area (Å²) in [6, 6.07) is 16.8. The van der Waals surface area contributed by atoms with Crippen molar-refractivity contribution in [2.75, 3.05) is 12.0 Å². The molecule has 1 fully saturated rings. The van der Waals surface area contributed by atoms with E-state index >= 15 is 0 Å². The first kappa shape index (κ1) is 19.4. The minimum atomic E-state index is -0.855. The summed E-state index contributed by atoms with van der Waals surface area (Å²) in [4.78, 5) is 31.6. The lowest BCUT2D eigenvalue weighted by atomic mass is 9.94. The normalized spacial score (nSPS) is 17.9. The summed E-state index contributed by atoms with van der Waals surface area (Å²) in [5.74, 6) is -1.20. The zero-order valence-corrected chi connectivity index (χ0v) is 16.6. The van der Waals surface area contributed by atoms with Crippen LogP contribution in [0.3, 0.4) is 0 Å². The van der Waals surface area contributed by atoms with Gasteiger partial charge in [-0.15, -0.1) is 0 Å². The van der Waals surface area contributed by atoms with Crippen LogP contribution in [0.2, 0.25) is 0 Å². The third-order valence-electron chi connectivity index (χ3n) is 5.13. The molecule has 0 spiro atoms. The number of carbonyl (C=O) groups is 2. The van der Waals surface area contributed by atoms with Crippen molar-refractivity contribution in [3.8, 4) is 5.75 Å². The van der Waals surface area contributed by atoms with Gasteiger partial charge in [0.2, 0.25) is 0 Å². The second-order valence-electron chi connectivity index (χ2n) is 6.99. The maximum Gasteiger partial charge on any atom is 0.300 e. The van der Waals surface area contributed by atoms with Crippen LogP contribution >= 0.6 is 0 Å². The molecule has 3 aromatic rings. The minimum absolute atomic E-state index is 0.0113. The van der Waals surface area contributed by atoms with Crippen molar-refractivity contribution < 1.29 is 19.4 Å². The van der Waals surface area contributed by atoms with Gasteiger partial charge in [0.15, 0.2) is 0 Å². The first-order chi connectivity index (χ1) is 14.5. The molecule has 1 amide bonds. The molecule has 2 aromatic carbocycles. The van der Waals surface area contributed by atoms with Crippen molar-refractivity contribution in [3.05, 3.63) is 95.3 Å². The third kappa shape index (κ3) is 3.22. The average molecular weight is 400 g/mol. The van der Waals surface area contributed by atoms with E-state index in [0.717, 1.165) is 5.56 Å². The number of Topliss-reactive ketones (excluding diaryl/α,β-unsaturated/α-hetero) is 1. The average Bonchev–Trinajstić information content (AvgIpc) is 3.04. The Morgan fingerprint density at radius 1 is 1.03 bits per heavy atom. The van der Waals surface area contributed by atoms with Crippen LogP contribution in [0.25, 0.3) is 5.76 Å². The Kier molecular flexibility index (Phi) is 5.06. The van der Waals surface area contributed by atoms with Gasteiger partial charge in [0, 0.05) is 17.3 Å². The van der Waals surface area contributed by atoms with Crippen LogP contribution in [-0.2, 0) is 9.59 Å². The Morgan fingerprint density at radius 3 is 2.43 bits per heavy atom. The fourth-order valence-corrected chi connectivity index (χ4v) is 3.65. The number of rotatable bonds is 4. The molecule has 1 aliphatic rings. The zero-order chi connectivity index (χ0) is 21.3. The number of benzene rings is 2. The third-order valence-corrected chi connectivity index (χ3v) is 5.13. The molecule has 1 aromatic heterocycles. The van der Waals surface area contributed by atoms with Crippen LogP contribution in [0.15, 0.2) is 78.6 Å². The number of hydrogen-bond acceptors (Lipinski definition) is 5. The first-order valence-electron chi connectivity index (χ1n) is 9.44. The summed E-state index contributed by atoms with van der Waals surface area (Å²) >= 11 is 0. The molecule has 1 unspecified atom stereocenters. The van der Waals surface area contributed by atoms with Gasteiger partial charge in [-0.3, -0.25) is 19.5 Å². The number of ether oxygens (including phenoxy) is 1. The molecule has 150 valence electrons. The highest BCUT2D eigenvalue weighted by atomic mass is 16.5. The fourth-order valence-electron chi connectivity index (χ4n) is 3.65. The number of anilines is 1. The SMILES string of the molecule is COc1ccccc1C1C(=C(O)c2ccc(C)cc2)C(=O)C(=O)N1c1cccnc1. The number of pyridine rings is 1. The molecular formula is C24H20N2O4. The number of aryl methyl sites for hydroxylation is 1. The molecule has 6 heteroatoms. The molecule has 6 nitrogen and oxygen atoms in total. The maximum atomic E-state index is 13.1. The van der Waals surface area contributed by atoms with E-state index in [1.165, 1.54) is 18.2 Å². The van der Waals surface area contributed by atoms with Gasteiger partial charge in [-0.1, -0.05) is 48.0 Å². The van der Waals surface area contributed by atoms with Crippen molar-refractivity contribution in [1.82, 2.24) is 4.98 Å². The minimum Gasteiger partial charge on any atom is -0.507 e. The van der Waals surface area contributed by atoms with E-state index in [4.69, 9.17) is 4.74 Å². The highest BCUT2D eigenvalue weighted by Gasteiger charge is 2.47. The number of ketones is 1. The molecule has 1 saturated heterocycles. The molecule has 4 rings (SSSR count). The van der Waals surface area contributed by atoms with Gasteiger partial charge in [0.05, 0.1) is 30.6 Å². The summed E-state index contributed by atoms with van der Waals surface area (Å²) in [7, 11) is 1.52. The maximum absolute atomic E-state index is 13.1. The number of para-hydroxylation sites is 1. The van der Waals surface area contributed by atoms with E-state index in [2.05, 4.69) is 4.98 Å². The summed E-state index contributed by atoms with van der Waals surface area (Å²) in [5.41, 5.74) is 2.54. The fraction of sp³-hybridized carbons (Fsp3) is 0.125. The highest BCUT2D eigenvalue weighted by Crippen LogP contribution is 2.44. The number of hydrogen-bond donors (Lipinski definition) is 1. The number of aliphatic hydroxyl groups is 1. The Hall–Kier alpha value is -3.93. The monoisotopic (exact) mass is 400 g/mol. The standard InChI is InChI=1S/C24H20N2O4/c1-15-9-11-16(12-10-15)22(27)20-21(18-7-3-4-8-19(18)30-2)26(24(29)23(20)28)17-6-5-13-25-14-17/h3-14,21,27H,1-2H3. The smallest absolute Gasteiger partial charge is 0.300 e. The predicted octanol–water partition coefficient (Wildman–Crippen LogP) is 4.02. The van der Waals surface area contributed by atoms with Crippen LogP contribution in [0.4, 0.5) is 5.69 Å². The number of nitrogens with zero attached hydrogens (tertiary/aromatic N) is 2. The summed E-state index contributed by atoms with van der Waals surface area (Å²) in [6.07, 6.45) is 3.10. The molecule has 2 heterocycles. The second-order valence-corrected chi connectivity index (χ2v) is 6.99. The molecule has 0 radical (unpaired) electrons. The Morgan fingerprint density at radius 2 is 1.77 bits per heavy atom. The summed E-state index contributed by atoms with van der Waals surface area (Å²) < 4.78 is 5.49. The van der Waals surface area contributed by atoms with Gasteiger partial charge in [-0.2, -0.15) is 0 Å². The van der Waals surface area contributed by atoms with E-state index in [-0.39, 0.29) is 11.3 Å². The van der Waals surface area contributed by atoms with Crippen LogP contribution in [-0.4, -0.2) is 28.9 Å². The number of aliphatic hydroxyl groups excluding tert-OH is 1. The van der Waals surface area contributed by atoms with Crippen molar-refractivity contribution >= 4 is 23.1 Å². The molecule has 0 bridgehead atoms. The van der Waals surface area contributed by atoms with Gasteiger partial charge >= 0.3 is 0 Å². The number of methoxy groups -OCH3 is 1. The van der Waals surface area contributed by atoms with Crippen LogP contribution in [0.5, 0.6) is 5.75 Å². The lowest BCUT2D eigenvalue weighted by molar-refractivity contribution is -0.132. The van der Waals surface area contributed by atoms with E-state index in [1.54, 1.807) is 54.7 Å². The van der Waals surface area contributed by atoms with Gasteiger partial charge in [0.1, 0.15) is 11.5 Å².